The molecule has 1 aliphatic carbocycles. The normalized spacial score (nSPS) is 16.4. The lowest BCUT2D eigenvalue weighted by Crippen LogP contribution is -2.27. The van der Waals surface area contributed by atoms with E-state index >= 15 is 0 Å². The van der Waals surface area contributed by atoms with Crippen molar-refractivity contribution in [3.63, 3.8) is 0 Å². The molecule has 1 aliphatic rings. The van der Waals surface area contributed by atoms with Gasteiger partial charge in [-0.05, 0) is 51.3 Å². The maximum absolute atomic E-state index is 13.0. The Morgan fingerprint density at radius 2 is 1.91 bits per heavy atom. The van der Waals surface area contributed by atoms with E-state index in [9.17, 15) is 9.18 Å². The van der Waals surface area contributed by atoms with Crippen LogP contribution in [0.2, 0.25) is 0 Å². The second kappa shape index (κ2) is 4.93. The monoisotopic (exact) mass is 301 g/mol. The van der Waals surface area contributed by atoms with Gasteiger partial charge in [0, 0.05) is 6.20 Å². The van der Waals surface area contributed by atoms with Gasteiger partial charge in [0.2, 0.25) is 5.91 Å². The highest BCUT2D eigenvalue weighted by Crippen LogP contribution is 2.49. The number of amides is 1. The summed E-state index contributed by atoms with van der Waals surface area (Å²) in [6, 6.07) is 6.20. The molecule has 0 aliphatic heterocycles. The quantitative estimate of drug-likeness (QED) is 0.944. The summed E-state index contributed by atoms with van der Waals surface area (Å²) in [7, 11) is 0. The molecule has 2 aromatic rings. The minimum absolute atomic E-state index is 0.0485. The van der Waals surface area contributed by atoms with Gasteiger partial charge in [0.1, 0.15) is 5.82 Å². The first kappa shape index (κ1) is 14.8. The lowest BCUT2D eigenvalue weighted by Gasteiger charge is -2.19. The molecule has 1 amide bonds. The second-order valence-electron chi connectivity index (χ2n) is 6.89. The summed E-state index contributed by atoms with van der Waals surface area (Å²) in [4.78, 5) is 12.6. The summed E-state index contributed by atoms with van der Waals surface area (Å²) in [5, 5.41) is 7.21. The smallest absolute Gasteiger partial charge is 0.235 e. The summed E-state index contributed by atoms with van der Waals surface area (Å²) in [5.74, 6) is -0.334. The van der Waals surface area contributed by atoms with E-state index in [-0.39, 0.29) is 17.3 Å². The van der Waals surface area contributed by atoms with E-state index in [4.69, 9.17) is 0 Å². The van der Waals surface area contributed by atoms with E-state index in [1.807, 2.05) is 31.6 Å². The Bertz CT molecular complexity index is 693. The van der Waals surface area contributed by atoms with Crippen molar-refractivity contribution in [3.05, 3.63) is 48.0 Å². The molecule has 22 heavy (non-hydrogen) atoms. The highest BCUT2D eigenvalue weighted by atomic mass is 19.1. The zero-order chi connectivity index (χ0) is 16.0. The van der Waals surface area contributed by atoms with Crippen LogP contribution in [0.1, 0.15) is 39.2 Å². The predicted molar refractivity (Wildman–Crippen MR) is 83.2 cm³/mol. The van der Waals surface area contributed by atoms with E-state index in [0.29, 0.717) is 5.69 Å². The van der Waals surface area contributed by atoms with Crippen LogP contribution < -0.4 is 5.32 Å². The molecule has 4 nitrogen and oxygen atoms in total. The fraction of sp³-hybridized carbons (Fsp3) is 0.412. The molecule has 1 aromatic carbocycles. The highest BCUT2D eigenvalue weighted by Gasteiger charge is 2.51. The number of carbonyl (C=O) groups is 1. The Morgan fingerprint density at radius 3 is 2.41 bits per heavy atom. The highest BCUT2D eigenvalue weighted by molar-refractivity contribution is 6.01. The van der Waals surface area contributed by atoms with Gasteiger partial charge in [-0.15, -0.1) is 0 Å². The SMILES string of the molecule is CC(C)(C)n1cc(NC(=O)C2(c3ccc(F)cc3)CC2)cn1. The number of anilines is 1. The number of nitrogens with one attached hydrogen (secondary N) is 1. The Kier molecular flexibility index (Phi) is 3.31. The van der Waals surface area contributed by atoms with Crippen LogP contribution in [0, 0.1) is 5.82 Å². The van der Waals surface area contributed by atoms with Gasteiger partial charge in [-0.3, -0.25) is 9.48 Å². The number of hydrogen-bond donors (Lipinski definition) is 1. The first-order valence-electron chi connectivity index (χ1n) is 7.44. The molecular weight excluding hydrogens is 281 g/mol. The van der Waals surface area contributed by atoms with Crippen molar-refractivity contribution in [1.29, 1.82) is 0 Å². The van der Waals surface area contributed by atoms with Gasteiger partial charge < -0.3 is 5.32 Å². The van der Waals surface area contributed by atoms with E-state index in [0.717, 1.165) is 18.4 Å². The van der Waals surface area contributed by atoms with Gasteiger partial charge in [-0.1, -0.05) is 12.1 Å². The molecule has 0 saturated heterocycles. The topological polar surface area (TPSA) is 46.9 Å². The molecule has 3 rings (SSSR count). The van der Waals surface area contributed by atoms with Gasteiger partial charge in [-0.25, -0.2) is 4.39 Å². The first-order chi connectivity index (χ1) is 10.3. The average molecular weight is 301 g/mol. The number of halogens is 1. The summed E-state index contributed by atoms with van der Waals surface area (Å²) in [6.07, 6.45) is 5.07. The van der Waals surface area contributed by atoms with Gasteiger partial charge in [0.25, 0.3) is 0 Å². The van der Waals surface area contributed by atoms with Crippen molar-refractivity contribution in [1.82, 2.24) is 9.78 Å². The number of nitrogens with zero attached hydrogens (tertiary/aromatic N) is 2. The standard InChI is InChI=1S/C17H20FN3O/c1-16(2,3)21-11-14(10-19-21)20-15(22)17(8-9-17)12-4-6-13(18)7-5-12/h4-7,10-11H,8-9H2,1-3H3,(H,20,22). The number of aromatic nitrogens is 2. The van der Waals surface area contributed by atoms with Crippen LogP contribution in [0.4, 0.5) is 10.1 Å². The van der Waals surface area contributed by atoms with E-state index < -0.39 is 5.41 Å². The maximum atomic E-state index is 13.0. The van der Waals surface area contributed by atoms with Crippen LogP contribution in [0.25, 0.3) is 0 Å². The zero-order valence-corrected chi connectivity index (χ0v) is 13.1. The Morgan fingerprint density at radius 1 is 1.27 bits per heavy atom. The minimum atomic E-state index is -0.516. The van der Waals surface area contributed by atoms with Crippen LogP contribution in [0.15, 0.2) is 36.7 Å². The lowest BCUT2D eigenvalue weighted by atomic mass is 9.95. The largest absolute Gasteiger partial charge is 0.323 e. The molecule has 0 spiro atoms. The Labute approximate surface area is 129 Å². The van der Waals surface area contributed by atoms with Crippen LogP contribution in [-0.2, 0) is 15.7 Å². The number of carbonyl (C=O) groups excluding carboxylic acids is 1. The van der Waals surface area contributed by atoms with Crippen LogP contribution >= 0.6 is 0 Å². The summed E-state index contributed by atoms with van der Waals surface area (Å²) in [6.45, 7) is 6.14. The predicted octanol–water partition coefficient (Wildman–Crippen LogP) is 3.45. The van der Waals surface area contributed by atoms with Gasteiger partial charge >= 0.3 is 0 Å². The van der Waals surface area contributed by atoms with E-state index in [1.54, 1.807) is 18.3 Å². The molecular formula is C17H20FN3O. The maximum Gasteiger partial charge on any atom is 0.235 e. The van der Waals surface area contributed by atoms with Gasteiger partial charge in [0.15, 0.2) is 0 Å². The molecule has 0 unspecified atom stereocenters. The fourth-order valence-electron chi connectivity index (χ4n) is 2.55. The molecule has 0 radical (unpaired) electrons. The minimum Gasteiger partial charge on any atom is -0.323 e. The van der Waals surface area contributed by atoms with E-state index in [2.05, 4.69) is 10.4 Å². The fourth-order valence-corrected chi connectivity index (χ4v) is 2.55. The lowest BCUT2D eigenvalue weighted by molar-refractivity contribution is -0.118. The van der Waals surface area contributed by atoms with Crippen molar-refractivity contribution in [2.75, 3.05) is 5.32 Å². The molecule has 1 fully saturated rings. The molecule has 1 heterocycles. The third-order valence-corrected chi connectivity index (χ3v) is 4.11. The van der Waals surface area contributed by atoms with Crippen molar-refractivity contribution in [2.24, 2.45) is 0 Å². The Balaban J connectivity index is 1.77. The first-order valence-corrected chi connectivity index (χ1v) is 7.44. The van der Waals surface area contributed by atoms with Crippen molar-refractivity contribution < 1.29 is 9.18 Å². The third-order valence-electron chi connectivity index (χ3n) is 4.11. The average Bonchev–Trinajstić information content (AvgIpc) is 3.12. The molecule has 1 aromatic heterocycles. The van der Waals surface area contributed by atoms with Crippen LogP contribution in [0.5, 0.6) is 0 Å². The number of hydrogen-bond acceptors (Lipinski definition) is 2. The van der Waals surface area contributed by atoms with Crippen LogP contribution in [-0.4, -0.2) is 15.7 Å². The molecule has 1 N–H and O–H groups in total. The second-order valence-corrected chi connectivity index (χ2v) is 6.89. The van der Waals surface area contributed by atoms with Gasteiger partial charge in [-0.2, -0.15) is 5.10 Å². The third kappa shape index (κ3) is 2.63. The molecule has 1 saturated carbocycles. The summed E-state index contributed by atoms with van der Waals surface area (Å²) < 4.78 is 14.9. The number of benzene rings is 1. The zero-order valence-electron chi connectivity index (χ0n) is 13.1. The van der Waals surface area contributed by atoms with E-state index in [1.165, 1.54) is 12.1 Å². The molecule has 5 heteroatoms. The molecule has 0 atom stereocenters. The van der Waals surface area contributed by atoms with Crippen molar-refractivity contribution in [2.45, 2.75) is 44.6 Å². The molecule has 0 bridgehead atoms. The summed E-state index contributed by atoms with van der Waals surface area (Å²) >= 11 is 0. The number of rotatable bonds is 3. The Hall–Kier alpha value is -2.17. The summed E-state index contributed by atoms with van der Waals surface area (Å²) in [5.41, 5.74) is 0.914. The van der Waals surface area contributed by atoms with Gasteiger partial charge in [0.05, 0.1) is 22.8 Å². The van der Waals surface area contributed by atoms with Crippen LogP contribution in [0.3, 0.4) is 0 Å². The van der Waals surface area contributed by atoms with Crippen molar-refractivity contribution >= 4 is 11.6 Å². The molecule has 116 valence electrons. The van der Waals surface area contributed by atoms with Crippen molar-refractivity contribution in [3.8, 4) is 0 Å².